The van der Waals surface area contributed by atoms with E-state index in [2.05, 4.69) is 24.1 Å². The minimum absolute atomic E-state index is 0.0607. The van der Waals surface area contributed by atoms with Gasteiger partial charge in [-0.15, -0.1) is 0 Å². The van der Waals surface area contributed by atoms with Crippen molar-refractivity contribution in [1.82, 2.24) is 4.98 Å². The summed E-state index contributed by atoms with van der Waals surface area (Å²) in [6.07, 6.45) is 4.77. The zero-order chi connectivity index (χ0) is 13.5. The Kier molecular flexibility index (Phi) is 2.82. The third kappa shape index (κ3) is 2.02. The fourth-order valence-corrected chi connectivity index (χ4v) is 2.61. The maximum Gasteiger partial charge on any atom is 0.0774 e. The largest absolute Gasteiger partial charge is 0.397 e. The van der Waals surface area contributed by atoms with Crippen LogP contribution in [0.25, 0.3) is 10.8 Å². The predicted molar refractivity (Wildman–Crippen MR) is 78.2 cm³/mol. The third-order valence-electron chi connectivity index (χ3n) is 4.17. The molecule has 2 atom stereocenters. The first kappa shape index (κ1) is 12.2. The van der Waals surface area contributed by atoms with Gasteiger partial charge in [0, 0.05) is 29.8 Å². The summed E-state index contributed by atoms with van der Waals surface area (Å²) < 4.78 is 5.65. The quantitative estimate of drug-likeness (QED) is 0.812. The summed E-state index contributed by atoms with van der Waals surface area (Å²) in [7, 11) is 0. The number of nitrogens with zero attached hydrogens (tertiary/aromatic N) is 1. The van der Waals surface area contributed by atoms with Gasteiger partial charge in [-0.2, -0.15) is 0 Å². The van der Waals surface area contributed by atoms with Gasteiger partial charge in [-0.25, -0.2) is 0 Å². The molecule has 1 aliphatic heterocycles. The molecule has 0 radical (unpaired) electrons. The van der Waals surface area contributed by atoms with Crippen LogP contribution >= 0.6 is 0 Å². The van der Waals surface area contributed by atoms with Crippen LogP contribution in [0.3, 0.4) is 0 Å². The third-order valence-corrected chi connectivity index (χ3v) is 4.17. The number of nitrogen functional groups attached to an aromatic ring is 1. The lowest BCUT2D eigenvalue weighted by molar-refractivity contribution is 0.105. The Balaban J connectivity index is 2.00. The maximum atomic E-state index is 6.27. The summed E-state index contributed by atoms with van der Waals surface area (Å²) in [6.45, 7) is 5.07. The lowest BCUT2D eigenvalue weighted by atomic mass is 9.94. The first-order valence-electron chi connectivity index (χ1n) is 6.62. The fourth-order valence-electron chi connectivity index (χ4n) is 2.61. The summed E-state index contributed by atoms with van der Waals surface area (Å²) in [5.74, 6) is 0. The van der Waals surface area contributed by atoms with E-state index in [-0.39, 0.29) is 11.6 Å². The molecule has 2 heterocycles. The summed E-state index contributed by atoms with van der Waals surface area (Å²) in [4.78, 5) is 4.12. The van der Waals surface area contributed by atoms with Gasteiger partial charge >= 0.3 is 0 Å². The van der Waals surface area contributed by atoms with Gasteiger partial charge in [0.15, 0.2) is 0 Å². The SMILES string of the molecule is CC1OCCC1(C)Nc1ccc2cnccc2c1N. The average Bonchev–Trinajstić information content (AvgIpc) is 2.73. The van der Waals surface area contributed by atoms with Crippen molar-refractivity contribution in [2.75, 3.05) is 17.7 Å². The molecular formula is C15H19N3O. The average molecular weight is 257 g/mol. The molecule has 4 nitrogen and oxygen atoms in total. The summed E-state index contributed by atoms with van der Waals surface area (Å²) >= 11 is 0. The first-order chi connectivity index (χ1) is 9.10. The number of pyridine rings is 1. The second-order valence-corrected chi connectivity index (χ2v) is 5.43. The van der Waals surface area contributed by atoms with E-state index in [0.29, 0.717) is 0 Å². The number of hydrogen-bond acceptors (Lipinski definition) is 4. The Hall–Kier alpha value is -1.81. The molecule has 4 heteroatoms. The number of hydrogen-bond donors (Lipinski definition) is 2. The molecule has 0 aliphatic carbocycles. The molecule has 0 saturated carbocycles. The molecule has 1 fully saturated rings. The van der Waals surface area contributed by atoms with E-state index >= 15 is 0 Å². The second kappa shape index (κ2) is 4.38. The van der Waals surface area contributed by atoms with Gasteiger partial charge in [0.2, 0.25) is 0 Å². The minimum atomic E-state index is -0.0607. The monoisotopic (exact) mass is 257 g/mol. The highest BCUT2D eigenvalue weighted by Gasteiger charge is 2.37. The standard InChI is InChI=1S/C15H19N3O/c1-10-15(2,6-8-19-10)18-13-4-3-11-9-17-7-5-12(11)14(13)16/h3-5,7,9-10,18H,6,8,16H2,1-2H3. The molecule has 100 valence electrons. The van der Waals surface area contributed by atoms with Crippen molar-refractivity contribution in [3.63, 3.8) is 0 Å². The zero-order valence-electron chi connectivity index (χ0n) is 11.3. The molecule has 1 saturated heterocycles. The topological polar surface area (TPSA) is 60.2 Å². The van der Waals surface area contributed by atoms with Crippen LogP contribution in [0.2, 0.25) is 0 Å². The summed E-state index contributed by atoms with van der Waals surface area (Å²) in [6, 6.07) is 6.02. The van der Waals surface area contributed by atoms with Crippen molar-refractivity contribution in [3.05, 3.63) is 30.6 Å². The molecular weight excluding hydrogens is 238 g/mol. The Labute approximate surface area is 113 Å². The van der Waals surface area contributed by atoms with E-state index in [9.17, 15) is 0 Å². The van der Waals surface area contributed by atoms with Crippen molar-refractivity contribution in [2.45, 2.75) is 31.9 Å². The number of nitrogens with two attached hydrogens (primary N) is 1. The van der Waals surface area contributed by atoms with E-state index in [1.165, 1.54) is 0 Å². The lowest BCUT2D eigenvalue weighted by Crippen LogP contribution is -2.41. The van der Waals surface area contributed by atoms with Crippen molar-refractivity contribution in [3.8, 4) is 0 Å². The van der Waals surface area contributed by atoms with Crippen LogP contribution in [0.15, 0.2) is 30.6 Å². The Morgan fingerprint density at radius 1 is 1.42 bits per heavy atom. The number of fused-ring (bicyclic) bond motifs is 1. The number of ether oxygens (including phenoxy) is 1. The van der Waals surface area contributed by atoms with E-state index in [1.54, 1.807) is 6.20 Å². The fraction of sp³-hybridized carbons (Fsp3) is 0.400. The molecule has 3 rings (SSSR count). The van der Waals surface area contributed by atoms with E-state index in [0.717, 1.165) is 35.2 Å². The van der Waals surface area contributed by atoms with Crippen molar-refractivity contribution in [1.29, 1.82) is 0 Å². The highest BCUT2D eigenvalue weighted by atomic mass is 16.5. The first-order valence-corrected chi connectivity index (χ1v) is 6.62. The molecule has 1 aliphatic rings. The van der Waals surface area contributed by atoms with Gasteiger partial charge in [-0.05, 0) is 32.4 Å². The Morgan fingerprint density at radius 3 is 3.00 bits per heavy atom. The van der Waals surface area contributed by atoms with Crippen LogP contribution < -0.4 is 11.1 Å². The number of benzene rings is 1. The predicted octanol–water partition coefficient (Wildman–Crippen LogP) is 2.80. The van der Waals surface area contributed by atoms with Crippen LogP contribution in [0.5, 0.6) is 0 Å². The normalized spacial score (nSPS) is 26.7. The molecule has 1 aromatic heterocycles. The lowest BCUT2D eigenvalue weighted by Gasteiger charge is -2.31. The number of rotatable bonds is 2. The van der Waals surface area contributed by atoms with E-state index in [4.69, 9.17) is 10.5 Å². The van der Waals surface area contributed by atoms with Gasteiger partial charge in [-0.3, -0.25) is 4.98 Å². The Bertz CT molecular complexity index is 613. The van der Waals surface area contributed by atoms with E-state index in [1.807, 2.05) is 24.4 Å². The van der Waals surface area contributed by atoms with Crippen LogP contribution in [0, 0.1) is 0 Å². The maximum absolute atomic E-state index is 6.27. The molecule has 0 bridgehead atoms. The van der Waals surface area contributed by atoms with Crippen LogP contribution in [-0.4, -0.2) is 23.2 Å². The molecule has 2 unspecified atom stereocenters. The highest BCUT2D eigenvalue weighted by molar-refractivity contribution is 5.98. The van der Waals surface area contributed by atoms with Crippen LogP contribution in [0.1, 0.15) is 20.3 Å². The van der Waals surface area contributed by atoms with Gasteiger partial charge in [0.25, 0.3) is 0 Å². The molecule has 19 heavy (non-hydrogen) atoms. The molecule has 0 amide bonds. The van der Waals surface area contributed by atoms with Gasteiger partial charge in [-0.1, -0.05) is 6.07 Å². The van der Waals surface area contributed by atoms with Crippen LogP contribution in [0.4, 0.5) is 11.4 Å². The van der Waals surface area contributed by atoms with Crippen LogP contribution in [-0.2, 0) is 4.74 Å². The minimum Gasteiger partial charge on any atom is -0.397 e. The number of aromatic nitrogens is 1. The summed E-state index contributed by atoms with van der Waals surface area (Å²) in [5, 5.41) is 5.66. The molecule has 3 N–H and O–H groups in total. The zero-order valence-corrected chi connectivity index (χ0v) is 11.3. The molecule has 1 aromatic carbocycles. The van der Waals surface area contributed by atoms with Crippen molar-refractivity contribution >= 4 is 22.1 Å². The van der Waals surface area contributed by atoms with Crippen molar-refractivity contribution < 1.29 is 4.74 Å². The van der Waals surface area contributed by atoms with Gasteiger partial charge in [0.05, 0.1) is 23.0 Å². The Morgan fingerprint density at radius 2 is 2.26 bits per heavy atom. The number of anilines is 2. The molecule has 2 aromatic rings. The number of nitrogens with one attached hydrogen (secondary N) is 1. The smallest absolute Gasteiger partial charge is 0.0774 e. The van der Waals surface area contributed by atoms with E-state index < -0.39 is 0 Å². The van der Waals surface area contributed by atoms with Gasteiger partial charge < -0.3 is 15.8 Å². The highest BCUT2D eigenvalue weighted by Crippen LogP contribution is 2.34. The molecule has 0 spiro atoms. The summed E-state index contributed by atoms with van der Waals surface area (Å²) in [5.41, 5.74) is 7.96. The van der Waals surface area contributed by atoms with Gasteiger partial charge in [0.1, 0.15) is 0 Å². The van der Waals surface area contributed by atoms with Crippen molar-refractivity contribution in [2.24, 2.45) is 0 Å². The second-order valence-electron chi connectivity index (χ2n) is 5.43.